The molecule has 2 rings (SSSR count). The molecule has 2 N–H and O–H groups in total. The molecule has 0 saturated heterocycles. The standard InChI is InChI=1S/C17H17NO4/c1-12-7-5-6-10-14(12)15(16(19)20)18-17(21)22-11-13-8-3-2-4-9-13/h2-10,15H,11H2,1H3,(H,18,21)(H,19,20). The Kier molecular flexibility index (Phi) is 5.14. The van der Waals surface area contributed by atoms with Gasteiger partial charge in [0.25, 0.3) is 0 Å². The quantitative estimate of drug-likeness (QED) is 0.889. The van der Waals surface area contributed by atoms with Gasteiger partial charge in [-0.2, -0.15) is 0 Å². The van der Waals surface area contributed by atoms with Crippen molar-refractivity contribution in [1.82, 2.24) is 5.32 Å². The summed E-state index contributed by atoms with van der Waals surface area (Å²) in [6, 6.07) is 15.1. The fourth-order valence-corrected chi connectivity index (χ4v) is 2.07. The van der Waals surface area contributed by atoms with Gasteiger partial charge in [0.15, 0.2) is 6.04 Å². The number of amides is 1. The molecule has 0 bridgehead atoms. The van der Waals surface area contributed by atoms with Gasteiger partial charge in [0.2, 0.25) is 0 Å². The van der Waals surface area contributed by atoms with E-state index in [2.05, 4.69) is 5.32 Å². The van der Waals surface area contributed by atoms with Crippen molar-refractivity contribution in [3.05, 3.63) is 71.3 Å². The van der Waals surface area contributed by atoms with Crippen molar-refractivity contribution in [3.8, 4) is 0 Å². The molecule has 1 amide bonds. The van der Waals surface area contributed by atoms with Crippen LogP contribution in [0.3, 0.4) is 0 Å². The highest BCUT2D eigenvalue weighted by molar-refractivity contribution is 5.81. The lowest BCUT2D eigenvalue weighted by Crippen LogP contribution is -2.34. The Morgan fingerprint density at radius 3 is 2.36 bits per heavy atom. The molecule has 2 aromatic rings. The summed E-state index contributed by atoms with van der Waals surface area (Å²) in [6.45, 7) is 1.88. The van der Waals surface area contributed by atoms with Crippen LogP contribution >= 0.6 is 0 Å². The van der Waals surface area contributed by atoms with Gasteiger partial charge in [-0.1, -0.05) is 54.6 Å². The zero-order valence-corrected chi connectivity index (χ0v) is 12.2. The first-order valence-corrected chi connectivity index (χ1v) is 6.83. The van der Waals surface area contributed by atoms with Crippen LogP contribution in [-0.4, -0.2) is 17.2 Å². The fourth-order valence-electron chi connectivity index (χ4n) is 2.07. The van der Waals surface area contributed by atoms with E-state index in [9.17, 15) is 14.7 Å². The van der Waals surface area contributed by atoms with Crippen LogP contribution in [0.15, 0.2) is 54.6 Å². The molecule has 0 fully saturated rings. The number of carbonyl (C=O) groups is 2. The molecule has 0 aliphatic carbocycles. The van der Waals surface area contributed by atoms with E-state index in [1.54, 1.807) is 25.1 Å². The number of alkyl carbamates (subject to hydrolysis) is 1. The summed E-state index contributed by atoms with van der Waals surface area (Å²) < 4.78 is 5.06. The average molecular weight is 299 g/mol. The van der Waals surface area contributed by atoms with E-state index in [4.69, 9.17) is 4.74 Å². The van der Waals surface area contributed by atoms with Crippen LogP contribution in [0.1, 0.15) is 22.7 Å². The van der Waals surface area contributed by atoms with E-state index in [0.29, 0.717) is 5.56 Å². The largest absolute Gasteiger partial charge is 0.479 e. The average Bonchev–Trinajstić information content (AvgIpc) is 2.52. The summed E-state index contributed by atoms with van der Waals surface area (Å²) in [5, 5.41) is 11.7. The zero-order chi connectivity index (χ0) is 15.9. The summed E-state index contributed by atoms with van der Waals surface area (Å²) >= 11 is 0. The molecule has 22 heavy (non-hydrogen) atoms. The number of benzene rings is 2. The van der Waals surface area contributed by atoms with Gasteiger partial charge in [0.1, 0.15) is 6.61 Å². The molecular weight excluding hydrogens is 282 g/mol. The topological polar surface area (TPSA) is 75.6 Å². The van der Waals surface area contributed by atoms with Gasteiger partial charge in [0.05, 0.1) is 0 Å². The maximum absolute atomic E-state index is 11.8. The van der Waals surface area contributed by atoms with Crippen molar-refractivity contribution >= 4 is 12.1 Å². The molecule has 114 valence electrons. The van der Waals surface area contributed by atoms with E-state index < -0.39 is 18.1 Å². The minimum atomic E-state index is -1.13. The molecule has 0 aliphatic rings. The van der Waals surface area contributed by atoms with E-state index in [1.165, 1.54) is 0 Å². The van der Waals surface area contributed by atoms with Crippen molar-refractivity contribution in [1.29, 1.82) is 0 Å². The predicted molar refractivity (Wildman–Crippen MR) is 81.3 cm³/mol. The van der Waals surface area contributed by atoms with Crippen LogP contribution in [0.2, 0.25) is 0 Å². The second kappa shape index (κ2) is 7.26. The molecule has 0 radical (unpaired) electrons. The van der Waals surface area contributed by atoms with E-state index in [0.717, 1.165) is 11.1 Å². The van der Waals surface area contributed by atoms with Crippen LogP contribution in [0.4, 0.5) is 4.79 Å². The molecule has 0 aliphatic heterocycles. The smallest absolute Gasteiger partial charge is 0.408 e. The van der Waals surface area contributed by atoms with Crippen LogP contribution in [0.25, 0.3) is 0 Å². The number of hydrogen-bond acceptors (Lipinski definition) is 3. The van der Waals surface area contributed by atoms with E-state index >= 15 is 0 Å². The Morgan fingerprint density at radius 1 is 1.09 bits per heavy atom. The van der Waals surface area contributed by atoms with Crippen molar-refractivity contribution < 1.29 is 19.4 Å². The Morgan fingerprint density at radius 2 is 1.73 bits per heavy atom. The van der Waals surface area contributed by atoms with Crippen LogP contribution < -0.4 is 5.32 Å². The first kappa shape index (κ1) is 15.6. The lowest BCUT2D eigenvalue weighted by Gasteiger charge is -2.16. The number of rotatable bonds is 5. The second-order valence-corrected chi connectivity index (χ2v) is 4.83. The van der Waals surface area contributed by atoms with Gasteiger partial charge in [0, 0.05) is 0 Å². The summed E-state index contributed by atoms with van der Waals surface area (Å²) in [7, 11) is 0. The number of carboxylic acid groups (broad SMARTS) is 1. The minimum absolute atomic E-state index is 0.0901. The molecule has 1 unspecified atom stereocenters. The first-order chi connectivity index (χ1) is 10.6. The molecule has 5 nitrogen and oxygen atoms in total. The van der Waals surface area contributed by atoms with Crippen LogP contribution in [-0.2, 0) is 16.1 Å². The summed E-state index contributed by atoms with van der Waals surface area (Å²) in [5.74, 6) is -1.13. The number of aryl methyl sites for hydroxylation is 1. The third-order valence-electron chi connectivity index (χ3n) is 3.22. The third kappa shape index (κ3) is 4.09. The Labute approximate surface area is 128 Å². The minimum Gasteiger partial charge on any atom is -0.479 e. The van der Waals surface area contributed by atoms with Gasteiger partial charge in [-0.3, -0.25) is 0 Å². The number of aliphatic carboxylic acids is 1. The molecule has 2 aromatic carbocycles. The number of nitrogens with one attached hydrogen (secondary N) is 1. The van der Waals surface area contributed by atoms with Gasteiger partial charge in [-0.05, 0) is 23.6 Å². The van der Waals surface area contributed by atoms with Gasteiger partial charge < -0.3 is 15.2 Å². The lowest BCUT2D eigenvalue weighted by molar-refractivity contribution is -0.139. The summed E-state index contributed by atoms with van der Waals surface area (Å²) in [6.07, 6.45) is -0.764. The van der Waals surface area contributed by atoms with Crippen molar-refractivity contribution in [3.63, 3.8) is 0 Å². The van der Waals surface area contributed by atoms with Gasteiger partial charge in [-0.25, -0.2) is 9.59 Å². The highest BCUT2D eigenvalue weighted by atomic mass is 16.5. The number of hydrogen-bond donors (Lipinski definition) is 2. The van der Waals surface area contributed by atoms with Crippen molar-refractivity contribution in [2.45, 2.75) is 19.6 Å². The molecule has 0 spiro atoms. The molecule has 0 saturated carbocycles. The Balaban J connectivity index is 2.01. The Bertz CT molecular complexity index is 655. The number of ether oxygens (including phenoxy) is 1. The highest BCUT2D eigenvalue weighted by Crippen LogP contribution is 2.18. The monoisotopic (exact) mass is 299 g/mol. The SMILES string of the molecule is Cc1ccccc1C(NC(=O)OCc1ccccc1)C(=O)O. The lowest BCUT2D eigenvalue weighted by atomic mass is 10.0. The maximum atomic E-state index is 11.8. The molecule has 0 aromatic heterocycles. The third-order valence-corrected chi connectivity index (χ3v) is 3.22. The van der Waals surface area contributed by atoms with Crippen molar-refractivity contribution in [2.75, 3.05) is 0 Å². The van der Waals surface area contributed by atoms with Crippen LogP contribution in [0, 0.1) is 6.92 Å². The molecule has 1 atom stereocenters. The van der Waals surface area contributed by atoms with E-state index in [1.807, 2.05) is 36.4 Å². The second-order valence-electron chi connectivity index (χ2n) is 4.83. The van der Waals surface area contributed by atoms with E-state index in [-0.39, 0.29) is 6.61 Å². The molecule has 0 heterocycles. The van der Waals surface area contributed by atoms with Crippen molar-refractivity contribution in [2.24, 2.45) is 0 Å². The van der Waals surface area contributed by atoms with Gasteiger partial charge in [-0.15, -0.1) is 0 Å². The summed E-state index contributed by atoms with van der Waals surface area (Å²) in [4.78, 5) is 23.2. The number of carbonyl (C=O) groups excluding carboxylic acids is 1. The fraction of sp³-hybridized carbons (Fsp3) is 0.176. The molecular formula is C17H17NO4. The maximum Gasteiger partial charge on any atom is 0.408 e. The zero-order valence-electron chi connectivity index (χ0n) is 12.2. The predicted octanol–water partition coefficient (Wildman–Crippen LogP) is 3.05. The summed E-state index contributed by atoms with van der Waals surface area (Å²) in [5.41, 5.74) is 2.16. The molecule has 5 heteroatoms. The number of carboxylic acids is 1. The highest BCUT2D eigenvalue weighted by Gasteiger charge is 2.24. The Hall–Kier alpha value is -2.82. The normalized spacial score (nSPS) is 11.5. The van der Waals surface area contributed by atoms with Gasteiger partial charge >= 0.3 is 12.1 Å². The van der Waals surface area contributed by atoms with Crippen LogP contribution in [0.5, 0.6) is 0 Å². The first-order valence-electron chi connectivity index (χ1n) is 6.83.